The predicted molar refractivity (Wildman–Crippen MR) is 47.3 cm³/mol. The minimum Gasteiger partial charge on any atom is -0.741 e. The van der Waals surface area contributed by atoms with Crippen LogP contribution in [0, 0.1) is 0 Å². The van der Waals surface area contributed by atoms with Gasteiger partial charge in [0.15, 0.2) is 30.4 Å². The first-order chi connectivity index (χ1) is 9.75. The van der Waals surface area contributed by atoms with Crippen LogP contribution in [0.2, 0.25) is 0 Å². The zero-order valence-electron chi connectivity index (χ0n) is 10.2. The molecule has 0 unspecified atom stereocenters. The molecule has 0 heterocycles. The van der Waals surface area contributed by atoms with Crippen LogP contribution in [0.3, 0.4) is 0 Å². The molecule has 0 amide bonds. The Balaban J connectivity index is -0.000000130. The smallest absolute Gasteiger partial charge is 0.741 e. The summed E-state index contributed by atoms with van der Waals surface area (Å²) >= 11 is 0. The summed E-state index contributed by atoms with van der Waals surface area (Å²) in [6.45, 7) is 0. The van der Waals surface area contributed by atoms with E-state index < -0.39 is 46.9 Å². The van der Waals surface area contributed by atoms with Crippen LogP contribution in [-0.4, -0.2) is 55.4 Å². The Hall–Kier alpha value is -0.368. The largest absolute Gasteiger partial charge is 3.00 e. The molecule has 0 N–H and O–H groups in total. The van der Waals surface area contributed by atoms with Gasteiger partial charge in [0.25, 0.3) is 0 Å². The van der Waals surface area contributed by atoms with Crippen molar-refractivity contribution in [1.29, 1.82) is 0 Å². The minimum absolute atomic E-state index is 0. The van der Waals surface area contributed by atoms with Gasteiger partial charge in [0.1, 0.15) is 0 Å². The number of alkyl halides is 9. The van der Waals surface area contributed by atoms with E-state index >= 15 is 0 Å². The third-order valence-electron chi connectivity index (χ3n) is 0.850. The van der Waals surface area contributed by atoms with Crippen LogP contribution in [0.4, 0.5) is 39.5 Å². The van der Waals surface area contributed by atoms with Crippen LogP contribution in [0.25, 0.3) is 0 Å². The molecule has 9 nitrogen and oxygen atoms in total. The second kappa shape index (κ2) is 9.53. The van der Waals surface area contributed by atoms with E-state index in [1.807, 2.05) is 0 Å². The molecule has 153 valence electrons. The van der Waals surface area contributed by atoms with E-state index in [1.54, 1.807) is 0 Å². The van der Waals surface area contributed by atoms with Crippen LogP contribution < -0.4 is 0 Å². The van der Waals surface area contributed by atoms with Gasteiger partial charge in [-0.15, -0.1) is 0 Å². The molecule has 22 heteroatoms. The SMILES string of the molecule is O=S(=O)([O-])C(F)(F)F.O=S(=O)([O-])C(F)(F)F.O=S(=O)([O-])C(F)(F)F.[Cr+3]. The van der Waals surface area contributed by atoms with E-state index in [0.29, 0.717) is 0 Å². The van der Waals surface area contributed by atoms with Crippen LogP contribution >= 0.6 is 0 Å². The zero-order chi connectivity index (χ0) is 21.0. The summed E-state index contributed by atoms with van der Waals surface area (Å²) in [5.41, 5.74) is -16.9. The maximum atomic E-state index is 10.7. The molecule has 0 aliphatic heterocycles. The van der Waals surface area contributed by atoms with Crippen molar-refractivity contribution in [2.45, 2.75) is 16.5 Å². The fourth-order valence-electron chi connectivity index (χ4n) is 0. The van der Waals surface area contributed by atoms with Crippen molar-refractivity contribution in [3.63, 3.8) is 0 Å². The Morgan fingerprint density at radius 3 is 0.480 bits per heavy atom. The fraction of sp³-hybridized carbons (Fsp3) is 1.00. The molecule has 0 aromatic rings. The van der Waals surface area contributed by atoms with Crippen LogP contribution in [0.15, 0.2) is 0 Å². The maximum Gasteiger partial charge on any atom is 3.00 e. The summed E-state index contributed by atoms with van der Waals surface area (Å²) in [5, 5.41) is 0. The molecule has 0 aromatic carbocycles. The molecule has 0 fully saturated rings. The first-order valence-corrected chi connectivity index (χ1v) is 8.04. The molecular weight excluding hydrogens is 499 g/mol. The molecule has 0 bridgehead atoms. The molecule has 25 heavy (non-hydrogen) atoms. The third kappa shape index (κ3) is 15.6. The standard InChI is InChI=1S/3CHF3O3S.Cr/c3*2-1(3,4)8(5,6)7;/h3*(H,5,6,7);/q;;;+3/p-3. The molecule has 0 saturated heterocycles. The predicted octanol–water partition coefficient (Wildman–Crippen LogP) is 0.152. The van der Waals surface area contributed by atoms with E-state index in [9.17, 15) is 39.5 Å². The van der Waals surface area contributed by atoms with E-state index in [0.717, 1.165) is 0 Å². The maximum absolute atomic E-state index is 10.7. The topological polar surface area (TPSA) is 172 Å². The van der Waals surface area contributed by atoms with Gasteiger partial charge in [-0.25, -0.2) is 25.3 Å². The minimum atomic E-state index is -6.09. The summed E-state index contributed by atoms with van der Waals surface area (Å²) in [6, 6.07) is 0. The molecule has 0 aliphatic carbocycles. The summed E-state index contributed by atoms with van der Waals surface area (Å²) in [7, 11) is -18.3. The van der Waals surface area contributed by atoms with Gasteiger partial charge in [-0.2, -0.15) is 39.5 Å². The molecule has 0 atom stereocenters. The molecule has 1 radical (unpaired) electrons. The van der Waals surface area contributed by atoms with E-state index in [4.69, 9.17) is 38.9 Å². The zero-order valence-corrected chi connectivity index (χ0v) is 13.9. The van der Waals surface area contributed by atoms with Gasteiger partial charge in [0.2, 0.25) is 0 Å². The number of hydrogen-bond acceptors (Lipinski definition) is 9. The molecule has 0 aliphatic rings. The number of hydrogen-bond donors (Lipinski definition) is 0. The summed E-state index contributed by atoms with van der Waals surface area (Å²) in [6.07, 6.45) is 0. The molecular formula is C3CrF9O9S3. The monoisotopic (exact) mass is 499 g/mol. The van der Waals surface area contributed by atoms with E-state index in [1.165, 1.54) is 0 Å². The third-order valence-corrected chi connectivity index (χ3v) is 2.55. The van der Waals surface area contributed by atoms with Crippen LogP contribution in [-0.2, 0) is 47.7 Å². The fourth-order valence-corrected chi connectivity index (χ4v) is 0. The average molecular weight is 499 g/mol. The van der Waals surface area contributed by atoms with Crippen molar-refractivity contribution in [2.24, 2.45) is 0 Å². The first kappa shape index (κ1) is 32.3. The van der Waals surface area contributed by atoms with Crippen molar-refractivity contribution in [2.75, 3.05) is 0 Å². The molecule has 0 rings (SSSR count). The summed E-state index contributed by atoms with van der Waals surface area (Å²) in [5.74, 6) is 0. The van der Waals surface area contributed by atoms with Crippen molar-refractivity contribution < 1.29 is 95.8 Å². The average Bonchev–Trinajstić information content (AvgIpc) is 2.08. The number of rotatable bonds is 0. The van der Waals surface area contributed by atoms with Crippen LogP contribution in [0.5, 0.6) is 0 Å². The van der Waals surface area contributed by atoms with E-state index in [2.05, 4.69) is 0 Å². The molecule has 0 spiro atoms. The van der Waals surface area contributed by atoms with Crippen LogP contribution in [0.1, 0.15) is 0 Å². The number of halogens is 9. The van der Waals surface area contributed by atoms with Gasteiger partial charge < -0.3 is 13.7 Å². The second-order valence-corrected chi connectivity index (χ2v) is 6.81. The normalized spacial score (nSPS) is 13.4. The Kier molecular flexibility index (Phi) is 12.3. The van der Waals surface area contributed by atoms with Gasteiger partial charge in [-0.05, 0) is 0 Å². The Morgan fingerprint density at radius 1 is 0.440 bits per heavy atom. The molecule has 0 saturated carbocycles. The second-order valence-electron chi connectivity index (χ2n) is 2.70. The van der Waals surface area contributed by atoms with Crippen molar-refractivity contribution in [1.82, 2.24) is 0 Å². The molecule has 0 aromatic heterocycles. The van der Waals surface area contributed by atoms with E-state index in [-0.39, 0.29) is 17.4 Å². The van der Waals surface area contributed by atoms with Crippen molar-refractivity contribution in [3.05, 3.63) is 0 Å². The Labute approximate surface area is 143 Å². The van der Waals surface area contributed by atoms with Crippen molar-refractivity contribution >= 4 is 30.4 Å². The van der Waals surface area contributed by atoms with Gasteiger partial charge >= 0.3 is 33.9 Å². The summed E-state index contributed by atoms with van der Waals surface area (Å²) < 4.78 is 177. The quantitative estimate of drug-likeness (QED) is 0.256. The van der Waals surface area contributed by atoms with Crippen molar-refractivity contribution in [3.8, 4) is 0 Å². The first-order valence-electron chi connectivity index (χ1n) is 3.81. The van der Waals surface area contributed by atoms with Gasteiger partial charge in [0, 0.05) is 0 Å². The Morgan fingerprint density at radius 2 is 0.480 bits per heavy atom. The van der Waals surface area contributed by atoms with Gasteiger partial charge in [0.05, 0.1) is 0 Å². The summed E-state index contributed by atoms with van der Waals surface area (Å²) in [4.78, 5) is 0. The van der Waals surface area contributed by atoms with Gasteiger partial charge in [-0.3, -0.25) is 0 Å². The van der Waals surface area contributed by atoms with Gasteiger partial charge in [-0.1, -0.05) is 0 Å². The Bertz CT molecular complexity index is 596.